The second-order valence-corrected chi connectivity index (χ2v) is 4.87. The van der Waals surface area contributed by atoms with Crippen molar-refractivity contribution < 1.29 is 18.9 Å². The van der Waals surface area contributed by atoms with E-state index in [0.29, 0.717) is 12.3 Å². The van der Waals surface area contributed by atoms with E-state index in [1.54, 1.807) is 14.2 Å². The molecule has 0 N–H and O–H groups in total. The Bertz CT molecular complexity index is 708. The summed E-state index contributed by atoms with van der Waals surface area (Å²) in [4.78, 5) is 23.6. The minimum absolute atomic E-state index is 0.0687. The maximum atomic E-state index is 12.2. The molecule has 2 rings (SSSR count). The van der Waals surface area contributed by atoms with Gasteiger partial charge in [-0.3, -0.25) is 14.9 Å². The van der Waals surface area contributed by atoms with Crippen LogP contribution in [0.5, 0.6) is 5.75 Å². The van der Waals surface area contributed by atoms with E-state index in [1.807, 2.05) is 25.1 Å². The maximum absolute atomic E-state index is 12.2. The summed E-state index contributed by atoms with van der Waals surface area (Å²) in [7, 11) is 3.16. The highest BCUT2D eigenvalue weighted by Crippen LogP contribution is 2.22. The van der Waals surface area contributed by atoms with Gasteiger partial charge in [0, 0.05) is 19.2 Å². The number of furan rings is 1. The minimum atomic E-state index is -0.680. The molecule has 7 heteroatoms. The van der Waals surface area contributed by atoms with Gasteiger partial charge < -0.3 is 14.1 Å². The molecule has 0 unspecified atom stereocenters. The van der Waals surface area contributed by atoms with Crippen molar-refractivity contribution in [1.29, 1.82) is 0 Å². The fourth-order valence-corrected chi connectivity index (χ4v) is 2.09. The number of rotatable bonds is 5. The Morgan fingerprint density at radius 3 is 2.68 bits per heavy atom. The van der Waals surface area contributed by atoms with Crippen LogP contribution in [0.1, 0.15) is 21.7 Å². The maximum Gasteiger partial charge on any atom is 0.433 e. The van der Waals surface area contributed by atoms with Gasteiger partial charge >= 0.3 is 5.88 Å². The van der Waals surface area contributed by atoms with Crippen molar-refractivity contribution in [3.05, 3.63) is 57.3 Å². The topological polar surface area (TPSA) is 85.8 Å². The van der Waals surface area contributed by atoms with Crippen molar-refractivity contribution in [3.63, 3.8) is 0 Å². The van der Waals surface area contributed by atoms with Crippen LogP contribution in [-0.4, -0.2) is 29.9 Å². The first-order valence-electron chi connectivity index (χ1n) is 6.55. The number of ether oxygens (including phenoxy) is 1. The van der Waals surface area contributed by atoms with Gasteiger partial charge in [-0.25, -0.2) is 0 Å². The predicted molar refractivity (Wildman–Crippen MR) is 78.9 cm³/mol. The first-order valence-corrected chi connectivity index (χ1v) is 6.55. The number of amides is 1. The summed E-state index contributed by atoms with van der Waals surface area (Å²) in [6, 6.07) is 8.13. The Labute approximate surface area is 127 Å². The van der Waals surface area contributed by atoms with Crippen molar-refractivity contribution in [1.82, 2.24) is 4.90 Å². The summed E-state index contributed by atoms with van der Waals surface area (Å²) >= 11 is 0. The van der Waals surface area contributed by atoms with Gasteiger partial charge in [0.25, 0.3) is 5.91 Å². The zero-order valence-electron chi connectivity index (χ0n) is 12.5. The first kappa shape index (κ1) is 15.6. The van der Waals surface area contributed by atoms with E-state index in [1.165, 1.54) is 11.0 Å². The molecule has 1 aromatic heterocycles. The van der Waals surface area contributed by atoms with Crippen molar-refractivity contribution in [3.8, 4) is 5.75 Å². The number of carbonyl (C=O) groups is 1. The van der Waals surface area contributed by atoms with Crippen LogP contribution in [-0.2, 0) is 6.54 Å². The fourth-order valence-electron chi connectivity index (χ4n) is 2.09. The van der Waals surface area contributed by atoms with Crippen LogP contribution in [0.2, 0.25) is 0 Å². The normalized spacial score (nSPS) is 10.3. The molecule has 7 nitrogen and oxygen atoms in total. The Kier molecular flexibility index (Phi) is 4.45. The van der Waals surface area contributed by atoms with Gasteiger partial charge in [-0.05, 0) is 19.1 Å². The summed E-state index contributed by atoms with van der Waals surface area (Å²) in [5.74, 6) is -0.280. The van der Waals surface area contributed by atoms with Crippen LogP contribution in [0.25, 0.3) is 0 Å². The molecule has 0 radical (unpaired) electrons. The minimum Gasteiger partial charge on any atom is -0.496 e. The van der Waals surface area contributed by atoms with Crippen LogP contribution < -0.4 is 4.74 Å². The number of nitro groups is 1. The lowest BCUT2D eigenvalue weighted by molar-refractivity contribution is -0.402. The molecule has 0 saturated carbocycles. The first-order chi connectivity index (χ1) is 10.4. The molecule has 0 bridgehead atoms. The molecular weight excluding hydrogens is 288 g/mol. The van der Waals surface area contributed by atoms with Crippen molar-refractivity contribution in [2.24, 2.45) is 0 Å². The van der Waals surface area contributed by atoms with Crippen molar-refractivity contribution in [2.75, 3.05) is 14.2 Å². The van der Waals surface area contributed by atoms with E-state index >= 15 is 0 Å². The predicted octanol–water partition coefficient (Wildman–Crippen LogP) is 2.78. The number of methoxy groups -OCH3 is 1. The van der Waals surface area contributed by atoms with Gasteiger partial charge in [-0.1, -0.05) is 17.7 Å². The van der Waals surface area contributed by atoms with Crippen LogP contribution >= 0.6 is 0 Å². The molecule has 22 heavy (non-hydrogen) atoms. The number of benzene rings is 1. The van der Waals surface area contributed by atoms with E-state index < -0.39 is 16.7 Å². The number of hydrogen-bond acceptors (Lipinski definition) is 5. The Morgan fingerprint density at radius 1 is 1.36 bits per heavy atom. The Morgan fingerprint density at radius 2 is 2.09 bits per heavy atom. The zero-order valence-corrected chi connectivity index (χ0v) is 12.5. The Balaban J connectivity index is 2.17. The SMILES string of the molecule is COc1ccc(C)cc1CN(C)C(=O)c1ccc([N+](=O)[O-])o1. The summed E-state index contributed by atoms with van der Waals surface area (Å²) < 4.78 is 10.2. The number of carbonyl (C=O) groups excluding carboxylic acids is 1. The smallest absolute Gasteiger partial charge is 0.433 e. The van der Waals surface area contributed by atoms with Gasteiger partial charge in [0.05, 0.1) is 13.2 Å². The third-order valence-electron chi connectivity index (χ3n) is 3.17. The molecule has 1 amide bonds. The van der Waals surface area contributed by atoms with Crippen LogP contribution in [0.4, 0.5) is 5.88 Å². The average Bonchev–Trinajstić information content (AvgIpc) is 2.96. The largest absolute Gasteiger partial charge is 0.496 e. The summed E-state index contributed by atoms with van der Waals surface area (Å²) in [5, 5.41) is 10.6. The fraction of sp³-hybridized carbons (Fsp3) is 0.267. The van der Waals surface area contributed by atoms with Gasteiger partial charge in [0.1, 0.15) is 10.7 Å². The van der Waals surface area contributed by atoms with Gasteiger partial charge in [-0.15, -0.1) is 0 Å². The van der Waals surface area contributed by atoms with Gasteiger partial charge in [-0.2, -0.15) is 0 Å². The zero-order chi connectivity index (χ0) is 16.3. The molecule has 1 aromatic carbocycles. The summed E-state index contributed by atoms with van der Waals surface area (Å²) in [6.07, 6.45) is 0. The molecule has 0 atom stereocenters. The van der Waals surface area contributed by atoms with E-state index in [4.69, 9.17) is 9.15 Å². The molecule has 0 spiro atoms. The highest BCUT2D eigenvalue weighted by atomic mass is 16.6. The number of aryl methyl sites for hydroxylation is 1. The van der Waals surface area contributed by atoms with Crippen LogP contribution in [0.15, 0.2) is 34.7 Å². The molecule has 0 aliphatic heterocycles. The molecular formula is C15H16N2O5. The highest BCUT2D eigenvalue weighted by Gasteiger charge is 2.21. The van der Waals surface area contributed by atoms with E-state index in [-0.39, 0.29) is 5.76 Å². The van der Waals surface area contributed by atoms with Crippen molar-refractivity contribution in [2.45, 2.75) is 13.5 Å². The second kappa shape index (κ2) is 6.30. The van der Waals surface area contributed by atoms with Crippen LogP contribution in [0, 0.1) is 17.0 Å². The van der Waals surface area contributed by atoms with Crippen LogP contribution in [0.3, 0.4) is 0 Å². The van der Waals surface area contributed by atoms with E-state index in [0.717, 1.165) is 17.2 Å². The number of hydrogen-bond donors (Lipinski definition) is 0. The summed E-state index contributed by atoms with van der Waals surface area (Å²) in [6.45, 7) is 2.25. The van der Waals surface area contributed by atoms with Gasteiger partial charge in [0.15, 0.2) is 5.76 Å². The lowest BCUT2D eigenvalue weighted by Gasteiger charge is -2.18. The standard InChI is InChI=1S/C15H16N2O5/c1-10-4-5-12(21-3)11(8-10)9-16(2)15(18)13-6-7-14(22-13)17(19)20/h4-8H,9H2,1-3H3. The molecule has 0 aliphatic rings. The molecule has 116 valence electrons. The third-order valence-corrected chi connectivity index (χ3v) is 3.17. The van der Waals surface area contributed by atoms with Gasteiger partial charge in [0.2, 0.25) is 0 Å². The summed E-state index contributed by atoms with van der Waals surface area (Å²) in [5.41, 5.74) is 1.89. The molecule has 1 heterocycles. The second-order valence-electron chi connectivity index (χ2n) is 4.87. The van der Waals surface area contributed by atoms with E-state index in [2.05, 4.69) is 0 Å². The number of nitrogens with zero attached hydrogens (tertiary/aromatic N) is 2. The molecule has 0 aliphatic carbocycles. The molecule has 0 saturated heterocycles. The molecule has 0 fully saturated rings. The van der Waals surface area contributed by atoms with E-state index in [9.17, 15) is 14.9 Å². The average molecular weight is 304 g/mol. The molecule has 2 aromatic rings. The lowest BCUT2D eigenvalue weighted by Crippen LogP contribution is -2.26. The monoisotopic (exact) mass is 304 g/mol. The third kappa shape index (κ3) is 3.25. The Hall–Kier alpha value is -2.83. The highest BCUT2D eigenvalue weighted by molar-refractivity contribution is 5.91. The van der Waals surface area contributed by atoms with Crippen molar-refractivity contribution >= 4 is 11.8 Å². The lowest BCUT2D eigenvalue weighted by atomic mass is 10.1. The quantitative estimate of drug-likeness (QED) is 0.626.